The first-order valence-electron chi connectivity index (χ1n) is 10.2. The standard InChI is InChI=1S/C21H23F2N5O3S/c1-14-18(13-24-28(14)20(22)23)32(29,30)26-10-7-21(8-11-26)19-4-3-9-27(19)17-6-5-15(31-2)12-16(17)25-21/h3-6,9,12-13,20,25H,7-8,10-11H2,1-2H3. The predicted octanol–water partition coefficient (Wildman–Crippen LogP) is 3.49. The Morgan fingerprint density at radius 2 is 1.97 bits per heavy atom. The minimum absolute atomic E-state index is 0.0639. The topological polar surface area (TPSA) is 81.4 Å². The Bertz CT molecular complexity index is 1280. The first-order valence-corrected chi connectivity index (χ1v) is 11.7. The number of methoxy groups -OCH3 is 1. The summed E-state index contributed by atoms with van der Waals surface area (Å²) in [6, 6.07) is 9.84. The number of alkyl halides is 2. The Labute approximate surface area is 184 Å². The van der Waals surface area contributed by atoms with E-state index in [1.54, 1.807) is 7.11 Å². The molecular weight excluding hydrogens is 440 g/mol. The van der Waals surface area contributed by atoms with Gasteiger partial charge in [-0.1, -0.05) is 0 Å². The Balaban J connectivity index is 1.44. The Morgan fingerprint density at radius 1 is 1.22 bits per heavy atom. The molecular formula is C21H23F2N5O3S. The van der Waals surface area contributed by atoms with E-state index in [2.05, 4.69) is 15.0 Å². The van der Waals surface area contributed by atoms with Gasteiger partial charge in [-0.25, -0.2) is 13.1 Å². The van der Waals surface area contributed by atoms with Gasteiger partial charge >= 0.3 is 6.55 Å². The molecule has 0 amide bonds. The second-order valence-electron chi connectivity index (χ2n) is 8.07. The van der Waals surface area contributed by atoms with Crippen LogP contribution in [0.15, 0.2) is 47.6 Å². The number of aromatic nitrogens is 3. The van der Waals surface area contributed by atoms with Crippen LogP contribution in [0.5, 0.6) is 5.75 Å². The summed E-state index contributed by atoms with van der Waals surface area (Å²) in [5.41, 5.74) is 2.47. The van der Waals surface area contributed by atoms with Gasteiger partial charge in [0.1, 0.15) is 10.6 Å². The van der Waals surface area contributed by atoms with Crippen LogP contribution in [0.1, 0.15) is 30.8 Å². The number of nitrogens with zero attached hydrogens (tertiary/aromatic N) is 4. The number of rotatable bonds is 4. The fourth-order valence-electron chi connectivity index (χ4n) is 4.74. The summed E-state index contributed by atoms with van der Waals surface area (Å²) in [6.45, 7) is -1.05. The third-order valence-electron chi connectivity index (χ3n) is 6.45. The molecule has 0 atom stereocenters. The van der Waals surface area contributed by atoms with Crippen LogP contribution >= 0.6 is 0 Å². The van der Waals surface area contributed by atoms with Crippen molar-refractivity contribution in [3.05, 3.63) is 54.1 Å². The molecule has 1 aromatic carbocycles. The Kier molecular flexibility index (Phi) is 4.79. The van der Waals surface area contributed by atoms with E-state index in [0.717, 1.165) is 29.0 Å². The van der Waals surface area contributed by atoms with Crippen LogP contribution in [0.2, 0.25) is 0 Å². The molecule has 5 rings (SSSR count). The normalized spacial score (nSPS) is 17.8. The zero-order chi connectivity index (χ0) is 22.7. The summed E-state index contributed by atoms with van der Waals surface area (Å²) < 4.78 is 61.8. The van der Waals surface area contributed by atoms with E-state index in [4.69, 9.17) is 4.74 Å². The fraction of sp³-hybridized carbons (Fsp3) is 0.381. The van der Waals surface area contributed by atoms with Gasteiger partial charge in [0.05, 0.1) is 35.9 Å². The molecule has 0 aliphatic carbocycles. The molecule has 1 fully saturated rings. The van der Waals surface area contributed by atoms with Crippen LogP contribution in [0.4, 0.5) is 14.5 Å². The van der Waals surface area contributed by atoms with Gasteiger partial charge in [0.15, 0.2) is 0 Å². The van der Waals surface area contributed by atoms with Crippen molar-refractivity contribution in [3.8, 4) is 11.4 Å². The smallest absolute Gasteiger partial charge is 0.333 e. The highest BCUT2D eigenvalue weighted by Gasteiger charge is 2.44. The number of sulfonamides is 1. The van der Waals surface area contributed by atoms with Gasteiger partial charge in [-0.3, -0.25) is 0 Å². The third-order valence-corrected chi connectivity index (χ3v) is 8.46. The van der Waals surface area contributed by atoms with Gasteiger partial charge in [0, 0.05) is 31.0 Å². The summed E-state index contributed by atoms with van der Waals surface area (Å²) in [7, 11) is -2.32. The van der Waals surface area contributed by atoms with Gasteiger partial charge in [0.25, 0.3) is 0 Å². The van der Waals surface area contributed by atoms with Gasteiger partial charge < -0.3 is 14.6 Å². The molecule has 32 heavy (non-hydrogen) atoms. The van der Waals surface area contributed by atoms with Gasteiger partial charge in [-0.2, -0.15) is 18.2 Å². The molecule has 11 heteroatoms. The van der Waals surface area contributed by atoms with Crippen molar-refractivity contribution < 1.29 is 21.9 Å². The molecule has 2 aliphatic heterocycles. The van der Waals surface area contributed by atoms with Gasteiger partial charge in [0.2, 0.25) is 10.0 Å². The number of fused-ring (bicyclic) bond motifs is 4. The maximum absolute atomic E-state index is 13.2. The summed E-state index contributed by atoms with van der Waals surface area (Å²) in [4.78, 5) is -0.177. The number of ether oxygens (including phenoxy) is 1. The van der Waals surface area contributed by atoms with E-state index in [1.165, 1.54) is 11.2 Å². The van der Waals surface area contributed by atoms with Crippen molar-refractivity contribution in [2.24, 2.45) is 0 Å². The molecule has 0 saturated carbocycles. The third kappa shape index (κ3) is 3.02. The highest BCUT2D eigenvalue weighted by molar-refractivity contribution is 7.89. The van der Waals surface area contributed by atoms with Crippen molar-refractivity contribution in [2.45, 2.75) is 36.7 Å². The second-order valence-corrected chi connectivity index (χ2v) is 9.98. The lowest BCUT2D eigenvalue weighted by atomic mass is 9.83. The van der Waals surface area contributed by atoms with Crippen LogP contribution in [0.25, 0.3) is 5.69 Å². The van der Waals surface area contributed by atoms with E-state index in [9.17, 15) is 17.2 Å². The number of piperidine rings is 1. The summed E-state index contributed by atoms with van der Waals surface area (Å²) in [6.07, 6.45) is 4.05. The first kappa shape index (κ1) is 21.0. The van der Waals surface area contributed by atoms with E-state index in [-0.39, 0.29) is 23.7 Å². The molecule has 0 bridgehead atoms. The van der Waals surface area contributed by atoms with Gasteiger partial charge in [-0.15, -0.1) is 0 Å². The van der Waals surface area contributed by atoms with Gasteiger partial charge in [-0.05, 0) is 44.0 Å². The molecule has 0 unspecified atom stereocenters. The Hall–Kier alpha value is -2.92. The minimum atomic E-state index is -3.93. The largest absolute Gasteiger partial charge is 0.497 e. The van der Waals surface area contributed by atoms with Crippen molar-refractivity contribution >= 4 is 15.7 Å². The monoisotopic (exact) mass is 463 g/mol. The quantitative estimate of drug-likeness (QED) is 0.641. The number of nitrogens with one attached hydrogen (secondary N) is 1. The first-order chi connectivity index (χ1) is 15.3. The van der Waals surface area contributed by atoms with E-state index >= 15 is 0 Å². The summed E-state index contributed by atoms with van der Waals surface area (Å²) in [5, 5.41) is 7.19. The molecule has 1 saturated heterocycles. The van der Waals surface area contributed by atoms with Crippen LogP contribution < -0.4 is 10.1 Å². The number of hydrogen-bond acceptors (Lipinski definition) is 5. The number of benzene rings is 1. The molecule has 2 aromatic heterocycles. The second kappa shape index (κ2) is 7.31. The number of anilines is 1. The SMILES string of the molecule is COc1ccc2c(c1)NC1(CCN(S(=O)(=O)c3cnn(C(F)F)c3C)CC1)c1cccn1-2. The molecule has 2 aliphatic rings. The van der Waals surface area contributed by atoms with Crippen LogP contribution in [-0.2, 0) is 15.6 Å². The van der Waals surface area contributed by atoms with Crippen molar-refractivity contribution in [2.75, 3.05) is 25.5 Å². The maximum atomic E-state index is 13.2. The zero-order valence-electron chi connectivity index (χ0n) is 17.6. The molecule has 8 nitrogen and oxygen atoms in total. The molecule has 4 heterocycles. The lowest BCUT2D eigenvalue weighted by Gasteiger charge is -2.45. The van der Waals surface area contributed by atoms with Crippen molar-refractivity contribution in [3.63, 3.8) is 0 Å². The van der Waals surface area contributed by atoms with Crippen LogP contribution in [0, 0.1) is 6.92 Å². The average Bonchev–Trinajstić information content (AvgIpc) is 3.42. The zero-order valence-corrected chi connectivity index (χ0v) is 18.4. The molecule has 0 radical (unpaired) electrons. The van der Waals surface area contributed by atoms with Crippen molar-refractivity contribution in [1.29, 1.82) is 0 Å². The average molecular weight is 464 g/mol. The Morgan fingerprint density at radius 3 is 2.62 bits per heavy atom. The van der Waals surface area contributed by atoms with E-state index in [1.807, 2.05) is 36.5 Å². The maximum Gasteiger partial charge on any atom is 0.333 e. The lowest BCUT2D eigenvalue weighted by Crippen LogP contribution is -2.51. The summed E-state index contributed by atoms with van der Waals surface area (Å²) >= 11 is 0. The van der Waals surface area contributed by atoms with Crippen LogP contribution in [-0.4, -0.2) is 47.3 Å². The molecule has 1 spiro atoms. The van der Waals surface area contributed by atoms with Crippen molar-refractivity contribution in [1.82, 2.24) is 18.7 Å². The fourth-order valence-corrected chi connectivity index (χ4v) is 6.33. The lowest BCUT2D eigenvalue weighted by molar-refractivity contribution is 0.0541. The molecule has 3 aromatic rings. The highest BCUT2D eigenvalue weighted by atomic mass is 32.2. The van der Waals surface area contributed by atoms with Crippen LogP contribution in [0.3, 0.4) is 0 Å². The molecule has 1 N–H and O–H groups in total. The van der Waals surface area contributed by atoms with E-state index < -0.39 is 22.1 Å². The number of halogens is 2. The predicted molar refractivity (Wildman–Crippen MR) is 114 cm³/mol. The highest BCUT2D eigenvalue weighted by Crippen LogP contribution is 2.45. The molecule has 170 valence electrons. The summed E-state index contributed by atoms with van der Waals surface area (Å²) in [5.74, 6) is 0.730. The minimum Gasteiger partial charge on any atom is -0.497 e. The number of hydrogen-bond donors (Lipinski definition) is 1. The van der Waals surface area contributed by atoms with E-state index in [0.29, 0.717) is 17.5 Å².